The second kappa shape index (κ2) is 5.80. The van der Waals surface area contributed by atoms with Crippen molar-refractivity contribution < 1.29 is 10.2 Å². The molecule has 1 aliphatic rings. The van der Waals surface area contributed by atoms with E-state index in [-0.39, 0.29) is 19.3 Å². The summed E-state index contributed by atoms with van der Waals surface area (Å²) in [6.07, 6.45) is 4.97. The lowest BCUT2D eigenvalue weighted by Crippen LogP contribution is -2.42. The summed E-state index contributed by atoms with van der Waals surface area (Å²) in [6.45, 7) is 1.01. The van der Waals surface area contributed by atoms with Crippen molar-refractivity contribution in [2.24, 2.45) is 0 Å². The van der Waals surface area contributed by atoms with Crippen LogP contribution >= 0.6 is 15.9 Å². The van der Waals surface area contributed by atoms with Crippen molar-refractivity contribution in [1.82, 2.24) is 4.98 Å². The molecule has 1 atom stereocenters. The van der Waals surface area contributed by atoms with E-state index in [9.17, 15) is 10.2 Å². The van der Waals surface area contributed by atoms with E-state index in [0.717, 1.165) is 41.7 Å². The monoisotopic (exact) mass is 300 g/mol. The number of anilines is 1. The fraction of sp³-hybridized carbons (Fsp3) is 0.583. The normalized spacial score (nSPS) is 20.6. The number of rotatable bonds is 3. The molecule has 5 heteroatoms. The van der Waals surface area contributed by atoms with Gasteiger partial charge in [0.25, 0.3) is 0 Å². The van der Waals surface area contributed by atoms with Gasteiger partial charge in [0.05, 0.1) is 19.3 Å². The summed E-state index contributed by atoms with van der Waals surface area (Å²) in [4.78, 5) is 6.49. The van der Waals surface area contributed by atoms with Crippen LogP contribution < -0.4 is 4.90 Å². The molecular weight excluding hydrogens is 284 g/mol. The second-order valence-corrected chi connectivity index (χ2v) is 5.24. The van der Waals surface area contributed by atoms with Crippen molar-refractivity contribution in [2.45, 2.75) is 31.9 Å². The lowest BCUT2D eigenvalue weighted by atomic mass is 10.0. The van der Waals surface area contributed by atoms with Gasteiger partial charge in [-0.25, -0.2) is 4.98 Å². The topological polar surface area (TPSA) is 56.6 Å². The molecule has 0 aliphatic carbocycles. The molecule has 1 unspecified atom stereocenters. The number of piperidine rings is 1. The molecule has 1 fully saturated rings. The van der Waals surface area contributed by atoms with Gasteiger partial charge in [0.2, 0.25) is 0 Å². The van der Waals surface area contributed by atoms with Crippen LogP contribution in [0.15, 0.2) is 16.7 Å². The van der Waals surface area contributed by atoms with Crippen molar-refractivity contribution in [2.75, 3.05) is 18.1 Å². The zero-order valence-electron chi connectivity index (χ0n) is 9.64. The van der Waals surface area contributed by atoms with Gasteiger partial charge in [0.1, 0.15) is 5.82 Å². The Morgan fingerprint density at radius 3 is 2.94 bits per heavy atom. The Bertz CT molecular complexity index is 387. The van der Waals surface area contributed by atoms with E-state index in [1.165, 1.54) is 0 Å². The predicted molar refractivity (Wildman–Crippen MR) is 69.9 cm³/mol. The lowest BCUT2D eigenvalue weighted by molar-refractivity contribution is 0.238. The highest BCUT2D eigenvalue weighted by atomic mass is 79.9. The molecule has 0 aromatic carbocycles. The van der Waals surface area contributed by atoms with Crippen LogP contribution in [-0.4, -0.2) is 34.4 Å². The Kier molecular flexibility index (Phi) is 4.36. The average molecular weight is 301 g/mol. The molecule has 0 amide bonds. The van der Waals surface area contributed by atoms with E-state index in [0.29, 0.717) is 0 Å². The fourth-order valence-electron chi connectivity index (χ4n) is 2.32. The number of hydrogen-bond donors (Lipinski definition) is 2. The Labute approximate surface area is 109 Å². The summed E-state index contributed by atoms with van der Waals surface area (Å²) in [6, 6.07) is 2.01. The number of halogens is 1. The molecule has 1 aromatic rings. The van der Waals surface area contributed by atoms with Crippen LogP contribution in [-0.2, 0) is 6.61 Å². The minimum absolute atomic E-state index is 0.0313. The van der Waals surface area contributed by atoms with Gasteiger partial charge in [-0.2, -0.15) is 0 Å². The van der Waals surface area contributed by atoms with Crippen molar-refractivity contribution in [3.63, 3.8) is 0 Å². The highest BCUT2D eigenvalue weighted by molar-refractivity contribution is 9.10. The molecule has 4 nitrogen and oxygen atoms in total. The zero-order valence-corrected chi connectivity index (χ0v) is 11.2. The number of aliphatic hydroxyl groups excluding tert-OH is 2. The summed E-state index contributed by atoms with van der Waals surface area (Å²) >= 11 is 3.35. The first-order chi connectivity index (χ1) is 8.26. The molecule has 0 radical (unpaired) electrons. The molecule has 17 heavy (non-hydrogen) atoms. The number of hydrogen-bond acceptors (Lipinski definition) is 4. The number of pyridine rings is 1. The Morgan fingerprint density at radius 1 is 1.41 bits per heavy atom. The summed E-state index contributed by atoms with van der Waals surface area (Å²) in [5.41, 5.74) is 0.805. The van der Waals surface area contributed by atoms with Gasteiger partial charge in [-0.15, -0.1) is 0 Å². The molecule has 0 bridgehead atoms. The maximum absolute atomic E-state index is 9.40. The van der Waals surface area contributed by atoms with Gasteiger partial charge in [-0.3, -0.25) is 0 Å². The van der Waals surface area contributed by atoms with Gasteiger partial charge >= 0.3 is 0 Å². The first kappa shape index (κ1) is 12.8. The third-order valence-corrected chi connectivity index (χ3v) is 3.62. The van der Waals surface area contributed by atoms with E-state index >= 15 is 0 Å². The Morgan fingerprint density at radius 2 is 2.24 bits per heavy atom. The average Bonchev–Trinajstić information content (AvgIpc) is 2.38. The molecule has 2 rings (SSSR count). The molecule has 2 heterocycles. The van der Waals surface area contributed by atoms with Crippen molar-refractivity contribution >= 4 is 21.7 Å². The van der Waals surface area contributed by atoms with Gasteiger partial charge in [-0.05, 0) is 41.3 Å². The first-order valence-electron chi connectivity index (χ1n) is 5.89. The maximum Gasteiger partial charge on any atom is 0.134 e. The molecule has 1 saturated heterocycles. The van der Waals surface area contributed by atoms with Crippen molar-refractivity contribution in [3.8, 4) is 0 Å². The molecular formula is C12H17BrN2O2. The van der Waals surface area contributed by atoms with E-state index < -0.39 is 0 Å². The van der Waals surface area contributed by atoms with Crippen LogP contribution in [0.5, 0.6) is 0 Å². The minimum atomic E-state index is -0.0313. The minimum Gasteiger partial charge on any atom is -0.394 e. The Hall–Kier alpha value is -0.650. The van der Waals surface area contributed by atoms with Gasteiger partial charge in [0.15, 0.2) is 0 Å². The van der Waals surface area contributed by atoms with Crippen LogP contribution in [0.2, 0.25) is 0 Å². The fourth-order valence-corrected chi connectivity index (χ4v) is 2.70. The van der Waals surface area contributed by atoms with Crippen molar-refractivity contribution in [1.29, 1.82) is 0 Å². The van der Waals surface area contributed by atoms with Gasteiger partial charge in [0, 0.05) is 22.8 Å². The van der Waals surface area contributed by atoms with E-state index in [1.54, 1.807) is 6.20 Å². The van der Waals surface area contributed by atoms with Crippen LogP contribution in [0, 0.1) is 0 Å². The highest BCUT2D eigenvalue weighted by Crippen LogP contribution is 2.27. The summed E-state index contributed by atoms with van der Waals surface area (Å²) in [5, 5.41) is 18.8. The molecule has 1 aliphatic heterocycles. The Balaban J connectivity index is 2.30. The number of nitrogens with zero attached hydrogens (tertiary/aromatic N) is 2. The predicted octanol–water partition coefficient (Wildman–Crippen LogP) is 1.69. The lowest BCUT2D eigenvalue weighted by Gasteiger charge is -2.36. The van der Waals surface area contributed by atoms with Gasteiger partial charge in [-0.1, -0.05) is 0 Å². The third kappa shape index (κ3) is 2.78. The largest absolute Gasteiger partial charge is 0.394 e. The zero-order chi connectivity index (χ0) is 12.3. The summed E-state index contributed by atoms with van der Waals surface area (Å²) in [7, 11) is 0. The van der Waals surface area contributed by atoms with Crippen LogP contribution in [0.1, 0.15) is 24.8 Å². The standard InChI is InChI=1S/C12H17BrN2O2/c13-10-5-9(7-16)12(14-6-10)15-4-2-1-3-11(15)8-17/h5-6,11,16-17H,1-4,7-8H2. The van der Waals surface area contributed by atoms with Crippen LogP contribution in [0.3, 0.4) is 0 Å². The van der Waals surface area contributed by atoms with Crippen molar-refractivity contribution in [3.05, 3.63) is 22.3 Å². The third-order valence-electron chi connectivity index (χ3n) is 3.19. The molecule has 0 saturated carbocycles. The SMILES string of the molecule is OCc1cc(Br)cnc1N1CCCCC1CO. The highest BCUT2D eigenvalue weighted by Gasteiger charge is 2.24. The molecule has 94 valence electrons. The van der Waals surface area contributed by atoms with Crippen LogP contribution in [0.25, 0.3) is 0 Å². The molecule has 2 N–H and O–H groups in total. The van der Waals surface area contributed by atoms with E-state index in [2.05, 4.69) is 25.8 Å². The maximum atomic E-state index is 9.40. The smallest absolute Gasteiger partial charge is 0.134 e. The quantitative estimate of drug-likeness (QED) is 0.892. The van der Waals surface area contributed by atoms with Gasteiger partial charge < -0.3 is 15.1 Å². The molecule has 1 aromatic heterocycles. The second-order valence-electron chi connectivity index (χ2n) is 4.32. The van der Waals surface area contributed by atoms with E-state index in [4.69, 9.17) is 0 Å². The first-order valence-corrected chi connectivity index (χ1v) is 6.68. The number of aromatic nitrogens is 1. The summed E-state index contributed by atoms with van der Waals surface area (Å²) < 4.78 is 0.864. The number of aliphatic hydroxyl groups is 2. The van der Waals surface area contributed by atoms with Crippen LogP contribution in [0.4, 0.5) is 5.82 Å². The summed E-state index contributed by atoms with van der Waals surface area (Å²) in [5.74, 6) is 0.800. The van der Waals surface area contributed by atoms with E-state index in [1.807, 2.05) is 6.07 Å². The molecule has 0 spiro atoms.